The molecule has 0 unspecified atom stereocenters. The van der Waals surface area contributed by atoms with Crippen LogP contribution >= 0.6 is 11.6 Å². The van der Waals surface area contributed by atoms with Crippen LogP contribution in [0.2, 0.25) is 0 Å². The summed E-state index contributed by atoms with van der Waals surface area (Å²) in [7, 11) is 3.22. The molecule has 0 radical (unpaired) electrons. The molecular formula is C37H44ClF3N4O8. The maximum atomic E-state index is 13.3. The van der Waals surface area contributed by atoms with Crippen molar-refractivity contribution in [1.82, 2.24) is 10.6 Å². The van der Waals surface area contributed by atoms with Crippen LogP contribution < -0.4 is 30.7 Å². The Hall–Kier alpha value is -4.86. The number of hydrogen-bond acceptors (Lipinski definition) is 8. The number of aryl methyl sites for hydroxylation is 2. The molecule has 16 heteroatoms. The lowest BCUT2D eigenvalue weighted by Crippen LogP contribution is -2.32. The summed E-state index contributed by atoms with van der Waals surface area (Å²) in [6, 6.07) is 16.0. The molecule has 0 saturated carbocycles. The SMILES string of the molecule is COc1ccc(CCCc2cccc(NC(=O)CCOCCOCCNC(=O)CCNC(=O)c3cc(NC(=O)CCl)cc(C(F)(F)F)c3)c2)cc1OC. The Morgan fingerprint density at radius 3 is 2.08 bits per heavy atom. The van der Waals surface area contributed by atoms with Crippen molar-refractivity contribution >= 4 is 46.6 Å². The number of methoxy groups -OCH3 is 2. The number of anilines is 2. The number of rotatable bonds is 22. The maximum absolute atomic E-state index is 13.3. The van der Waals surface area contributed by atoms with Crippen LogP contribution in [0.3, 0.4) is 0 Å². The first-order chi connectivity index (χ1) is 25.4. The fourth-order valence-electron chi connectivity index (χ4n) is 4.98. The minimum absolute atomic E-state index is 0.128. The van der Waals surface area contributed by atoms with E-state index in [0.29, 0.717) is 29.3 Å². The maximum Gasteiger partial charge on any atom is 0.416 e. The average Bonchev–Trinajstić information content (AvgIpc) is 3.13. The van der Waals surface area contributed by atoms with Crippen molar-refractivity contribution in [3.8, 4) is 11.5 Å². The molecule has 288 valence electrons. The van der Waals surface area contributed by atoms with Crippen LogP contribution in [0.5, 0.6) is 11.5 Å². The molecule has 3 aromatic carbocycles. The molecule has 0 bridgehead atoms. The first-order valence-corrected chi connectivity index (χ1v) is 17.3. The van der Waals surface area contributed by atoms with E-state index in [1.165, 1.54) is 0 Å². The van der Waals surface area contributed by atoms with Gasteiger partial charge in [0.2, 0.25) is 17.7 Å². The Bertz CT molecular complexity index is 1680. The molecule has 4 N–H and O–H groups in total. The zero-order valence-electron chi connectivity index (χ0n) is 29.5. The third kappa shape index (κ3) is 15.7. The van der Waals surface area contributed by atoms with Gasteiger partial charge >= 0.3 is 6.18 Å². The summed E-state index contributed by atoms with van der Waals surface area (Å²) < 4.78 is 61.4. The van der Waals surface area contributed by atoms with Crippen LogP contribution in [0, 0.1) is 0 Å². The second-order valence-electron chi connectivity index (χ2n) is 11.6. The van der Waals surface area contributed by atoms with Gasteiger partial charge in [0, 0.05) is 36.4 Å². The fourth-order valence-corrected chi connectivity index (χ4v) is 5.05. The van der Waals surface area contributed by atoms with Crippen molar-refractivity contribution in [2.45, 2.75) is 38.3 Å². The van der Waals surface area contributed by atoms with Gasteiger partial charge in [0.15, 0.2) is 11.5 Å². The van der Waals surface area contributed by atoms with Gasteiger partial charge in [-0.15, -0.1) is 11.6 Å². The summed E-state index contributed by atoms with van der Waals surface area (Å²) in [5.74, 6) is -1.26. The lowest BCUT2D eigenvalue weighted by Gasteiger charge is -2.13. The fraction of sp³-hybridized carbons (Fsp3) is 0.405. The van der Waals surface area contributed by atoms with Crippen LogP contribution in [0.25, 0.3) is 0 Å². The summed E-state index contributed by atoms with van der Waals surface area (Å²) in [5, 5.41) is 10.1. The molecule has 0 spiro atoms. The molecule has 12 nitrogen and oxygen atoms in total. The third-order valence-corrected chi connectivity index (χ3v) is 7.81. The zero-order chi connectivity index (χ0) is 38.6. The lowest BCUT2D eigenvalue weighted by atomic mass is 10.0. The van der Waals surface area contributed by atoms with E-state index < -0.39 is 35.3 Å². The van der Waals surface area contributed by atoms with E-state index in [2.05, 4.69) is 21.3 Å². The van der Waals surface area contributed by atoms with Crippen LogP contribution in [0.15, 0.2) is 60.7 Å². The predicted molar refractivity (Wildman–Crippen MR) is 194 cm³/mol. The molecular weight excluding hydrogens is 721 g/mol. The van der Waals surface area contributed by atoms with Crippen LogP contribution in [0.4, 0.5) is 24.5 Å². The Morgan fingerprint density at radius 1 is 0.679 bits per heavy atom. The molecule has 0 aliphatic carbocycles. The number of alkyl halides is 4. The standard InChI is InChI=1S/C37H44ClF3N4O8/c1-50-31-10-9-26(20-32(31)51-2)6-3-5-25-7-4-8-29(19-25)44-34(47)12-15-52-17-18-53-16-14-42-33(46)11-13-43-36(49)27-21-28(37(39,40)41)23-30(22-27)45-35(48)24-38/h4,7-10,19-23H,3,5-6,11-18,24H2,1-2H3,(H,42,46)(H,43,49)(H,44,47)(H,45,48). The predicted octanol–water partition coefficient (Wildman–Crippen LogP) is 5.37. The summed E-state index contributed by atoms with van der Waals surface area (Å²) in [6.45, 7) is 0.917. The van der Waals surface area contributed by atoms with Crippen molar-refractivity contribution in [3.63, 3.8) is 0 Å². The smallest absolute Gasteiger partial charge is 0.416 e. The van der Waals surface area contributed by atoms with E-state index in [4.69, 9.17) is 30.5 Å². The van der Waals surface area contributed by atoms with Gasteiger partial charge in [-0.25, -0.2) is 0 Å². The van der Waals surface area contributed by atoms with Gasteiger partial charge in [0.05, 0.1) is 52.6 Å². The highest BCUT2D eigenvalue weighted by molar-refractivity contribution is 6.29. The number of carbonyl (C=O) groups is 4. The average molecular weight is 765 g/mol. The van der Waals surface area contributed by atoms with Gasteiger partial charge in [-0.1, -0.05) is 18.2 Å². The summed E-state index contributed by atoms with van der Waals surface area (Å²) in [4.78, 5) is 48.4. The highest BCUT2D eigenvalue weighted by Gasteiger charge is 2.32. The number of nitrogens with one attached hydrogen (secondary N) is 4. The molecule has 0 fully saturated rings. The molecule has 0 aromatic heterocycles. The Morgan fingerprint density at radius 2 is 1.38 bits per heavy atom. The van der Waals surface area contributed by atoms with Crippen molar-refractivity contribution in [2.24, 2.45) is 0 Å². The number of amides is 4. The Balaban J connectivity index is 1.23. The largest absolute Gasteiger partial charge is 0.493 e. The van der Waals surface area contributed by atoms with Gasteiger partial charge in [-0.3, -0.25) is 19.2 Å². The van der Waals surface area contributed by atoms with Gasteiger partial charge < -0.3 is 40.2 Å². The van der Waals surface area contributed by atoms with Gasteiger partial charge in [-0.05, 0) is 72.9 Å². The number of carbonyl (C=O) groups excluding carboxylic acids is 4. The molecule has 53 heavy (non-hydrogen) atoms. The van der Waals surface area contributed by atoms with Gasteiger partial charge in [0.1, 0.15) is 5.88 Å². The minimum Gasteiger partial charge on any atom is -0.493 e. The number of halogens is 4. The minimum atomic E-state index is -4.76. The molecule has 0 heterocycles. The summed E-state index contributed by atoms with van der Waals surface area (Å²) in [5.41, 5.74) is 1.26. The monoisotopic (exact) mass is 764 g/mol. The van der Waals surface area contributed by atoms with Gasteiger partial charge in [0.25, 0.3) is 5.91 Å². The van der Waals surface area contributed by atoms with Crippen molar-refractivity contribution in [2.75, 3.05) is 70.3 Å². The molecule has 0 aliphatic heterocycles. The van der Waals surface area contributed by atoms with E-state index in [-0.39, 0.29) is 69.5 Å². The molecule has 3 aromatic rings. The molecule has 0 aliphatic rings. The lowest BCUT2D eigenvalue weighted by molar-refractivity contribution is -0.137. The zero-order valence-corrected chi connectivity index (χ0v) is 30.3. The Labute approximate surface area is 311 Å². The molecule has 0 saturated heterocycles. The number of benzene rings is 3. The first kappa shape index (κ1) is 42.6. The summed E-state index contributed by atoms with van der Waals surface area (Å²) >= 11 is 5.39. The first-order valence-electron chi connectivity index (χ1n) is 16.8. The van der Waals surface area contributed by atoms with Crippen molar-refractivity contribution in [1.29, 1.82) is 0 Å². The highest BCUT2D eigenvalue weighted by Crippen LogP contribution is 2.32. The van der Waals surface area contributed by atoms with E-state index in [1.807, 2.05) is 42.5 Å². The van der Waals surface area contributed by atoms with Crippen LogP contribution in [-0.4, -0.2) is 83.2 Å². The second kappa shape index (κ2) is 22.3. The third-order valence-electron chi connectivity index (χ3n) is 7.57. The summed E-state index contributed by atoms with van der Waals surface area (Å²) in [6.07, 6.45) is -2.09. The van der Waals surface area contributed by atoms with E-state index >= 15 is 0 Å². The van der Waals surface area contributed by atoms with Crippen LogP contribution in [0.1, 0.15) is 46.3 Å². The van der Waals surface area contributed by atoms with Crippen molar-refractivity contribution < 1.29 is 51.3 Å². The topological polar surface area (TPSA) is 153 Å². The second-order valence-corrected chi connectivity index (χ2v) is 11.9. The van der Waals surface area contributed by atoms with E-state index in [9.17, 15) is 32.3 Å². The molecule has 0 atom stereocenters. The van der Waals surface area contributed by atoms with Crippen LogP contribution in [-0.2, 0) is 42.9 Å². The van der Waals surface area contributed by atoms with E-state index in [1.54, 1.807) is 14.2 Å². The normalized spacial score (nSPS) is 11.1. The van der Waals surface area contributed by atoms with E-state index in [0.717, 1.165) is 36.5 Å². The molecule has 4 amide bonds. The van der Waals surface area contributed by atoms with Gasteiger partial charge in [-0.2, -0.15) is 13.2 Å². The quantitative estimate of drug-likeness (QED) is 0.0787. The number of ether oxygens (including phenoxy) is 4. The Kier molecular flexibility index (Phi) is 17.9. The highest BCUT2D eigenvalue weighted by atomic mass is 35.5. The number of hydrogen-bond donors (Lipinski definition) is 4. The molecule has 3 rings (SSSR count). The van der Waals surface area contributed by atoms with Crippen molar-refractivity contribution in [3.05, 3.63) is 82.9 Å².